The van der Waals surface area contributed by atoms with Gasteiger partial charge in [-0.15, -0.1) is 0 Å². The highest BCUT2D eigenvalue weighted by Crippen LogP contribution is 2.26. The van der Waals surface area contributed by atoms with E-state index in [1.165, 1.54) is 6.07 Å². The van der Waals surface area contributed by atoms with Gasteiger partial charge in [0.05, 0.1) is 28.6 Å². The first-order valence-corrected chi connectivity index (χ1v) is 7.44. The van der Waals surface area contributed by atoms with Crippen LogP contribution in [0.25, 0.3) is 10.9 Å². The van der Waals surface area contributed by atoms with Gasteiger partial charge in [0.1, 0.15) is 6.29 Å². The Morgan fingerprint density at radius 1 is 1.45 bits per heavy atom. The number of rotatable bonds is 5. The lowest BCUT2D eigenvalue weighted by Crippen LogP contribution is -2.38. The van der Waals surface area contributed by atoms with Gasteiger partial charge >= 0.3 is 0 Å². The molecule has 1 fully saturated rings. The first-order chi connectivity index (χ1) is 10.7. The summed E-state index contributed by atoms with van der Waals surface area (Å²) in [6.07, 6.45) is 4.66. The van der Waals surface area contributed by atoms with Crippen molar-refractivity contribution in [2.24, 2.45) is 5.92 Å². The van der Waals surface area contributed by atoms with E-state index in [0.29, 0.717) is 17.8 Å². The molecule has 1 atom stereocenters. The molecule has 0 aliphatic carbocycles. The minimum Gasteiger partial charge on any atom is -0.302 e. The Balaban J connectivity index is 1.81. The van der Waals surface area contributed by atoms with Crippen molar-refractivity contribution in [1.29, 1.82) is 0 Å². The van der Waals surface area contributed by atoms with Gasteiger partial charge in [0.15, 0.2) is 0 Å². The van der Waals surface area contributed by atoms with Crippen LogP contribution in [-0.4, -0.2) is 45.5 Å². The number of non-ortho nitro benzene ring substituents is 1. The molecule has 0 spiro atoms. The Kier molecular flexibility index (Phi) is 4.15. The molecule has 0 N–H and O–H groups in total. The molecular formula is C15H18N4O3. The summed E-state index contributed by atoms with van der Waals surface area (Å²) in [5.74, 6) is 0.413. The van der Waals surface area contributed by atoms with Crippen molar-refractivity contribution < 1.29 is 9.72 Å². The second-order valence-electron chi connectivity index (χ2n) is 5.73. The van der Waals surface area contributed by atoms with E-state index in [-0.39, 0.29) is 10.6 Å². The number of carbonyl (C=O) groups is 1. The molecule has 1 saturated heterocycles. The number of hydrogen-bond donors (Lipinski definition) is 0. The zero-order chi connectivity index (χ0) is 15.5. The van der Waals surface area contributed by atoms with Gasteiger partial charge < -0.3 is 4.79 Å². The van der Waals surface area contributed by atoms with E-state index < -0.39 is 0 Å². The molecule has 1 aliphatic rings. The molecule has 7 heteroatoms. The zero-order valence-corrected chi connectivity index (χ0v) is 12.2. The summed E-state index contributed by atoms with van der Waals surface area (Å²) in [6, 6.07) is 5.06. The van der Waals surface area contributed by atoms with Crippen molar-refractivity contribution in [3.8, 4) is 0 Å². The Morgan fingerprint density at radius 3 is 3.09 bits per heavy atom. The fourth-order valence-corrected chi connectivity index (χ4v) is 3.21. The molecule has 1 aromatic heterocycles. The largest absolute Gasteiger partial charge is 0.302 e. The maximum atomic E-state index is 11.1. The maximum Gasteiger partial charge on any atom is 0.280 e. The summed E-state index contributed by atoms with van der Waals surface area (Å²) in [7, 11) is 0. The number of nitrogens with zero attached hydrogens (tertiary/aromatic N) is 4. The monoisotopic (exact) mass is 302 g/mol. The number of nitro benzene ring substituents is 1. The first kappa shape index (κ1) is 14.6. The van der Waals surface area contributed by atoms with Crippen molar-refractivity contribution in [3.05, 3.63) is 34.5 Å². The van der Waals surface area contributed by atoms with Crippen molar-refractivity contribution in [1.82, 2.24) is 14.7 Å². The van der Waals surface area contributed by atoms with E-state index in [1.54, 1.807) is 12.3 Å². The van der Waals surface area contributed by atoms with E-state index in [9.17, 15) is 14.9 Å². The number of carbonyl (C=O) groups excluding carboxylic acids is 1. The summed E-state index contributed by atoms with van der Waals surface area (Å²) >= 11 is 0. The fourth-order valence-electron chi connectivity index (χ4n) is 3.21. The number of aldehydes is 1. The molecule has 116 valence electrons. The fraction of sp³-hybridized carbons (Fsp3) is 0.467. The number of benzene rings is 1. The number of hydrogen-bond acceptors (Lipinski definition) is 5. The van der Waals surface area contributed by atoms with Crippen LogP contribution in [0.15, 0.2) is 24.4 Å². The summed E-state index contributed by atoms with van der Waals surface area (Å²) in [4.78, 5) is 23.5. The molecule has 0 radical (unpaired) electrons. The van der Waals surface area contributed by atoms with Crippen LogP contribution in [0.4, 0.5) is 5.69 Å². The normalized spacial score (nSPS) is 19.4. The van der Waals surface area contributed by atoms with Crippen LogP contribution in [0.5, 0.6) is 0 Å². The van der Waals surface area contributed by atoms with Gasteiger partial charge in [-0.05, 0) is 31.4 Å². The molecule has 1 aromatic carbocycles. The molecule has 1 unspecified atom stereocenters. The average molecular weight is 302 g/mol. The average Bonchev–Trinajstić information content (AvgIpc) is 2.91. The third-order valence-corrected chi connectivity index (χ3v) is 4.23. The van der Waals surface area contributed by atoms with Gasteiger partial charge in [0, 0.05) is 19.2 Å². The van der Waals surface area contributed by atoms with Crippen LogP contribution in [0.2, 0.25) is 0 Å². The van der Waals surface area contributed by atoms with Crippen LogP contribution >= 0.6 is 0 Å². The predicted octanol–water partition coefficient (Wildman–Crippen LogP) is 1.86. The molecular weight excluding hydrogens is 284 g/mol. The van der Waals surface area contributed by atoms with E-state index in [1.807, 2.05) is 10.7 Å². The van der Waals surface area contributed by atoms with Gasteiger partial charge in [-0.1, -0.05) is 6.07 Å². The molecule has 1 aliphatic heterocycles. The van der Waals surface area contributed by atoms with Gasteiger partial charge in [-0.3, -0.25) is 19.7 Å². The molecule has 3 rings (SSSR count). The summed E-state index contributed by atoms with van der Waals surface area (Å²) < 4.78 is 1.84. The highest BCUT2D eigenvalue weighted by molar-refractivity contribution is 5.87. The number of fused-ring (bicyclic) bond motifs is 1. The number of likely N-dealkylation sites (tertiary alicyclic amines) is 1. The quantitative estimate of drug-likeness (QED) is 0.478. The zero-order valence-electron chi connectivity index (χ0n) is 12.2. The molecule has 2 aromatic rings. The number of nitro groups is 1. The van der Waals surface area contributed by atoms with Crippen molar-refractivity contribution in [3.63, 3.8) is 0 Å². The number of aromatic nitrogens is 2. The van der Waals surface area contributed by atoms with Crippen molar-refractivity contribution in [2.45, 2.75) is 19.4 Å². The van der Waals surface area contributed by atoms with E-state index >= 15 is 0 Å². The molecule has 0 amide bonds. The van der Waals surface area contributed by atoms with Crippen LogP contribution in [0.1, 0.15) is 12.8 Å². The predicted molar refractivity (Wildman–Crippen MR) is 81.6 cm³/mol. The Labute approximate surface area is 127 Å². The lowest BCUT2D eigenvalue weighted by molar-refractivity contribution is -0.383. The topological polar surface area (TPSA) is 81.3 Å². The van der Waals surface area contributed by atoms with Crippen LogP contribution in [0.3, 0.4) is 0 Å². The first-order valence-electron chi connectivity index (χ1n) is 7.44. The Morgan fingerprint density at radius 2 is 2.32 bits per heavy atom. The second kappa shape index (κ2) is 6.23. The standard InChI is InChI=1S/C15H18N4O3/c20-8-7-17-6-2-3-12(10-17)11-18-14-4-1-5-15(19(21)22)13(14)9-16-18/h1,4-5,8-9,12H,2-3,6-7,10-11H2. The van der Waals surface area contributed by atoms with E-state index in [2.05, 4.69) is 10.00 Å². The van der Waals surface area contributed by atoms with E-state index in [4.69, 9.17) is 0 Å². The number of piperidine rings is 1. The smallest absolute Gasteiger partial charge is 0.280 e. The minimum atomic E-state index is -0.374. The lowest BCUT2D eigenvalue weighted by atomic mass is 9.98. The third kappa shape index (κ3) is 2.85. The second-order valence-corrected chi connectivity index (χ2v) is 5.73. The van der Waals surface area contributed by atoms with E-state index in [0.717, 1.165) is 44.3 Å². The summed E-state index contributed by atoms with van der Waals surface area (Å²) in [5.41, 5.74) is 0.886. The minimum absolute atomic E-state index is 0.0926. The summed E-state index contributed by atoms with van der Waals surface area (Å²) in [6.45, 7) is 3.03. The molecule has 22 heavy (non-hydrogen) atoms. The van der Waals surface area contributed by atoms with Gasteiger partial charge in [-0.2, -0.15) is 5.10 Å². The van der Waals surface area contributed by atoms with Crippen molar-refractivity contribution >= 4 is 22.9 Å². The molecule has 0 saturated carbocycles. The Hall–Kier alpha value is -2.28. The van der Waals surface area contributed by atoms with Crippen LogP contribution in [-0.2, 0) is 11.3 Å². The van der Waals surface area contributed by atoms with Crippen molar-refractivity contribution in [2.75, 3.05) is 19.6 Å². The summed E-state index contributed by atoms with van der Waals surface area (Å²) in [5, 5.41) is 16.0. The van der Waals surface area contributed by atoms with Gasteiger partial charge in [0.2, 0.25) is 0 Å². The van der Waals surface area contributed by atoms with Gasteiger partial charge in [-0.25, -0.2) is 0 Å². The molecule has 2 heterocycles. The van der Waals surface area contributed by atoms with Crippen LogP contribution < -0.4 is 0 Å². The maximum absolute atomic E-state index is 11.1. The highest BCUT2D eigenvalue weighted by Gasteiger charge is 2.22. The highest BCUT2D eigenvalue weighted by atomic mass is 16.6. The van der Waals surface area contributed by atoms with Crippen LogP contribution in [0, 0.1) is 16.0 Å². The molecule has 7 nitrogen and oxygen atoms in total. The molecule has 0 bridgehead atoms. The Bertz CT molecular complexity index is 697. The SMILES string of the molecule is O=CCN1CCCC(Cn2ncc3c([N+](=O)[O-])cccc32)C1. The third-order valence-electron chi connectivity index (χ3n) is 4.23. The lowest BCUT2D eigenvalue weighted by Gasteiger charge is -2.31. The van der Waals surface area contributed by atoms with Gasteiger partial charge in [0.25, 0.3) is 5.69 Å².